The lowest BCUT2D eigenvalue weighted by Gasteiger charge is -2.26. The molecule has 0 fully saturated rings. The maximum absolute atomic E-state index is 10.4. The first-order valence-corrected chi connectivity index (χ1v) is 7.26. The lowest BCUT2D eigenvalue weighted by Crippen LogP contribution is -2.50. The van der Waals surface area contributed by atoms with Crippen molar-refractivity contribution >= 4 is 36.2 Å². The molecule has 0 saturated carbocycles. The summed E-state index contributed by atoms with van der Waals surface area (Å²) in [5, 5.41) is 14.8. The first-order chi connectivity index (χ1) is 9.29. The van der Waals surface area contributed by atoms with E-state index in [9.17, 15) is 5.02 Å². The maximum atomic E-state index is 10.4. The molecule has 0 unspecified atom stereocenters. The highest BCUT2D eigenvalue weighted by Gasteiger charge is 2.29. The molecule has 0 aromatic heterocycles. The van der Waals surface area contributed by atoms with Crippen molar-refractivity contribution in [2.24, 2.45) is 5.10 Å². The fourth-order valence-corrected chi connectivity index (χ4v) is 2.60. The van der Waals surface area contributed by atoms with E-state index in [0.29, 0.717) is 0 Å². The van der Waals surface area contributed by atoms with E-state index in [0.717, 1.165) is 21.6 Å². The van der Waals surface area contributed by atoms with Crippen molar-refractivity contribution in [1.29, 1.82) is 0 Å². The average molecular weight is 268 g/mol. The van der Waals surface area contributed by atoms with Gasteiger partial charge in [-0.3, -0.25) is 4.92 Å². The lowest BCUT2D eigenvalue weighted by molar-refractivity contribution is 0.578. The Balaban J connectivity index is 2.00. The molecule has 2 aromatic rings. The Morgan fingerprint density at radius 2 is 2.00 bits per heavy atom. The van der Waals surface area contributed by atoms with Gasteiger partial charge in [-0.1, -0.05) is 30.3 Å². The van der Waals surface area contributed by atoms with Crippen LogP contribution in [0.5, 0.6) is 0 Å². The van der Waals surface area contributed by atoms with Crippen molar-refractivity contribution in [1.82, 2.24) is 0 Å². The topological polar surface area (TPSA) is 35.8 Å². The Morgan fingerprint density at radius 1 is 1.16 bits per heavy atom. The fourth-order valence-electron chi connectivity index (χ4n) is 2.14. The predicted molar refractivity (Wildman–Crippen MR) is 82.3 cm³/mol. The molecule has 2 aromatic carbocycles. The normalized spacial score (nSPS) is 13.6. The second-order valence-corrected chi connectivity index (χ2v) is 5.17. The molecule has 3 rings (SSSR count). The summed E-state index contributed by atoms with van der Waals surface area (Å²) in [6.45, 7) is 0. The van der Waals surface area contributed by atoms with Crippen LogP contribution in [-0.4, -0.2) is 24.5 Å². The first kappa shape index (κ1) is 12.3. The standard InChI is InChI=1S/C14H13BN2OS/c1-19-13-7-4-6-12(9-13)17-15(18)14-8-3-2-5-11(14)10-16-17/h2-10,18H,1H3. The molecule has 1 aliphatic rings. The van der Waals surface area contributed by atoms with Gasteiger partial charge in [0.05, 0.1) is 6.21 Å². The Bertz CT molecular complexity index is 632. The molecule has 0 radical (unpaired) electrons. The van der Waals surface area contributed by atoms with Crippen LogP contribution in [0.3, 0.4) is 0 Å². The molecule has 3 nitrogen and oxygen atoms in total. The largest absolute Gasteiger partial charge is 0.471 e. The average Bonchev–Trinajstić information content (AvgIpc) is 2.48. The molecule has 94 valence electrons. The molecule has 0 amide bonds. The van der Waals surface area contributed by atoms with Gasteiger partial charge in [-0.15, -0.1) is 11.8 Å². The smallest absolute Gasteiger partial charge is 0.427 e. The molecule has 0 bridgehead atoms. The molecule has 0 saturated heterocycles. The van der Waals surface area contributed by atoms with E-state index in [1.54, 1.807) is 22.9 Å². The summed E-state index contributed by atoms with van der Waals surface area (Å²) in [5.74, 6) is 0. The van der Waals surface area contributed by atoms with E-state index in [1.807, 2.05) is 54.8 Å². The number of nitrogens with zero attached hydrogens (tertiary/aromatic N) is 2. The van der Waals surface area contributed by atoms with Gasteiger partial charge in [0.1, 0.15) is 0 Å². The fraction of sp³-hybridized carbons (Fsp3) is 0.0714. The van der Waals surface area contributed by atoms with Crippen LogP contribution in [0.1, 0.15) is 5.56 Å². The van der Waals surface area contributed by atoms with Crippen molar-refractivity contribution in [3.63, 3.8) is 0 Å². The summed E-state index contributed by atoms with van der Waals surface area (Å²) in [4.78, 5) is 2.79. The van der Waals surface area contributed by atoms with Gasteiger partial charge in [0.2, 0.25) is 0 Å². The zero-order valence-electron chi connectivity index (χ0n) is 10.5. The van der Waals surface area contributed by atoms with E-state index in [-0.39, 0.29) is 0 Å². The third-order valence-electron chi connectivity index (χ3n) is 3.14. The first-order valence-electron chi connectivity index (χ1n) is 6.04. The number of hydrogen-bond donors (Lipinski definition) is 1. The second kappa shape index (κ2) is 5.11. The highest BCUT2D eigenvalue weighted by atomic mass is 32.2. The zero-order valence-corrected chi connectivity index (χ0v) is 11.3. The highest BCUT2D eigenvalue weighted by molar-refractivity contribution is 7.98. The van der Waals surface area contributed by atoms with Crippen LogP contribution in [0.25, 0.3) is 0 Å². The predicted octanol–water partition coefficient (Wildman–Crippen LogP) is 1.95. The summed E-state index contributed by atoms with van der Waals surface area (Å²) in [6, 6.07) is 15.8. The van der Waals surface area contributed by atoms with Crippen molar-refractivity contribution < 1.29 is 5.02 Å². The van der Waals surface area contributed by atoms with Gasteiger partial charge in [-0.2, -0.15) is 5.10 Å². The minimum absolute atomic E-state index is 0.738. The number of hydrazone groups is 1. The Kier molecular flexibility index (Phi) is 3.32. The van der Waals surface area contributed by atoms with Crippen molar-refractivity contribution in [2.45, 2.75) is 4.90 Å². The van der Waals surface area contributed by atoms with E-state index in [2.05, 4.69) is 5.10 Å². The van der Waals surface area contributed by atoms with Crippen LogP contribution in [-0.2, 0) is 0 Å². The molecule has 5 heteroatoms. The molecule has 1 heterocycles. The summed E-state index contributed by atoms with van der Waals surface area (Å²) in [5.41, 5.74) is 2.74. The Labute approximate surface area is 117 Å². The third-order valence-corrected chi connectivity index (χ3v) is 3.87. The number of fused-ring (bicyclic) bond motifs is 1. The number of hydrogen-bond acceptors (Lipinski definition) is 4. The van der Waals surface area contributed by atoms with Crippen LogP contribution >= 0.6 is 11.8 Å². The lowest BCUT2D eigenvalue weighted by atomic mass is 9.69. The van der Waals surface area contributed by atoms with Crippen molar-refractivity contribution in [3.05, 3.63) is 54.1 Å². The third kappa shape index (κ3) is 2.27. The highest BCUT2D eigenvalue weighted by Crippen LogP contribution is 2.24. The van der Waals surface area contributed by atoms with E-state index in [4.69, 9.17) is 0 Å². The second-order valence-electron chi connectivity index (χ2n) is 4.29. The van der Waals surface area contributed by atoms with Crippen molar-refractivity contribution in [3.8, 4) is 0 Å². The van der Waals surface area contributed by atoms with Gasteiger partial charge in [0, 0.05) is 10.6 Å². The van der Waals surface area contributed by atoms with E-state index >= 15 is 0 Å². The summed E-state index contributed by atoms with van der Waals surface area (Å²) in [6.07, 6.45) is 3.82. The molecule has 1 aliphatic heterocycles. The van der Waals surface area contributed by atoms with E-state index < -0.39 is 7.05 Å². The molecule has 1 N–H and O–H groups in total. The minimum atomic E-state index is -0.738. The van der Waals surface area contributed by atoms with Gasteiger partial charge in [-0.05, 0) is 35.5 Å². The molecule has 0 aliphatic carbocycles. The van der Waals surface area contributed by atoms with Gasteiger partial charge in [0.15, 0.2) is 0 Å². The molecular formula is C14H13BN2OS. The zero-order chi connectivity index (χ0) is 13.2. The summed E-state index contributed by atoms with van der Waals surface area (Å²) >= 11 is 1.67. The Morgan fingerprint density at radius 3 is 2.84 bits per heavy atom. The van der Waals surface area contributed by atoms with Crippen molar-refractivity contribution in [2.75, 3.05) is 11.2 Å². The van der Waals surface area contributed by atoms with Gasteiger partial charge < -0.3 is 5.02 Å². The van der Waals surface area contributed by atoms with Crippen LogP contribution < -0.4 is 10.4 Å². The van der Waals surface area contributed by atoms with Crippen LogP contribution in [0.4, 0.5) is 5.69 Å². The SMILES string of the molecule is CSc1cccc(N2N=Cc3ccccc3B2O)c1. The summed E-state index contributed by atoms with van der Waals surface area (Å²) in [7, 11) is -0.738. The van der Waals surface area contributed by atoms with Crippen LogP contribution in [0.2, 0.25) is 0 Å². The minimum Gasteiger partial charge on any atom is -0.427 e. The maximum Gasteiger partial charge on any atom is 0.471 e. The van der Waals surface area contributed by atoms with Crippen LogP contribution in [0.15, 0.2) is 58.5 Å². The number of thioether (sulfide) groups is 1. The molecule has 19 heavy (non-hydrogen) atoms. The van der Waals surface area contributed by atoms with Gasteiger partial charge in [-0.25, -0.2) is 0 Å². The van der Waals surface area contributed by atoms with Gasteiger partial charge in [0.25, 0.3) is 0 Å². The number of benzene rings is 2. The van der Waals surface area contributed by atoms with Gasteiger partial charge >= 0.3 is 7.05 Å². The molecule has 0 spiro atoms. The van der Waals surface area contributed by atoms with E-state index in [1.165, 1.54) is 0 Å². The molecule has 0 atom stereocenters. The summed E-state index contributed by atoms with van der Waals surface area (Å²) < 4.78 is 0. The Hall–Kier alpha value is -1.72. The number of rotatable bonds is 2. The quantitative estimate of drug-likeness (QED) is 0.668. The molecular weight excluding hydrogens is 255 g/mol. The monoisotopic (exact) mass is 268 g/mol. The number of anilines is 1. The van der Waals surface area contributed by atoms with Crippen LogP contribution in [0, 0.1) is 0 Å².